The SMILES string of the molecule is CCOC(=O)[C@@H]1C[C@@H](c2ccccc2)CN1c1ncc(N)c2ccccc12.CCOC(=O)[C@@H]1C[C@@H](c2ccccc2)CN1c1ncc(NS(=O)(=O)c2ccc(OC)cc2)c2ccccc12.Cc1ccc(S(=O)(=O)Cl)cc1. The zero-order chi connectivity index (χ0) is 54.0. The number of ether oxygens (including phenoxy) is 3. The van der Waals surface area contributed by atoms with Gasteiger partial charge in [0.1, 0.15) is 29.5 Å². The van der Waals surface area contributed by atoms with Crippen molar-refractivity contribution >= 4 is 86.3 Å². The number of carbonyl (C=O) groups is 2. The summed E-state index contributed by atoms with van der Waals surface area (Å²) in [5.74, 6) is 1.86. The van der Waals surface area contributed by atoms with Gasteiger partial charge in [-0.15, -0.1) is 0 Å². The first-order chi connectivity index (χ1) is 36.6. The number of carbonyl (C=O) groups excluding carboxylic acids is 2. The Bertz CT molecular complexity index is 3520. The lowest BCUT2D eigenvalue weighted by Crippen LogP contribution is -2.38. The molecule has 15 nitrogen and oxygen atoms in total. The van der Waals surface area contributed by atoms with E-state index in [-0.39, 0.29) is 39.6 Å². The molecule has 4 atom stereocenters. The number of hydrogen-bond donors (Lipinski definition) is 2. The highest BCUT2D eigenvalue weighted by Gasteiger charge is 2.41. The average molecular weight is 1080 g/mol. The van der Waals surface area contributed by atoms with Gasteiger partial charge < -0.3 is 29.7 Å². The van der Waals surface area contributed by atoms with E-state index >= 15 is 0 Å². The first kappa shape index (κ1) is 54.5. The number of methoxy groups -OCH3 is 1. The van der Waals surface area contributed by atoms with Gasteiger partial charge in [-0.05, 0) is 81.1 Å². The molecular weight excluding hydrogens is 1020 g/mol. The number of fused-ring (bicyclic) bond motifs is 2. The van der Waals surface area contributed by atoms with Crippen LogP contribution in [0.2, 0.25) is 0 Å². The molecule has 3 N–H and O–H groups in total. The first-order valence-corrected chi connectivity index (χ1v) is 28.5. The van der Waals surface area contributed by atoms with E-state index in [9.17, 15) is 26.4 Å². The molecule has 2 aliphatic heterocycles. The van der Waals surface area contributed by atoms with Crippen LogP contribution in [0.5, 0.6) is 5.75 Å². The Morgan fingerprint density at radius 3 is 1.51 bits per heavy atom. The third kappa shape index (κ3) is 12.7. The third-order valence-corrected chi connectivity index (χ3v) is 16.1. The molecule has 10 rings (SSSR count). The second kappa shape index (κ2) is 24.3. The average Bonchev–Trinajstić information content (AvgIpc) is 4.10. The molecule has 0 saturated carbocycles. The van der Waals surface area contributed by atoms with Crippen molar-refractivity contribution in [3.05, 3.63) is 187 Å². The Labute approximate surface area is 448 Å². The van der Waals surface area contributed by atoms with Gasteiger partial charge in [0.2, 0.25) is 0 Å². The van der Waals surface area contributed by atoms with Crippen molar-refractivity contribution in [2.24, 2.45) is 0 Å². The molecule has 0 aliphatic carbocycles. The number of nitrogens with zero attached hydrogens (tertiary/aromatic N) is 4. The van der Waals surface area contributed by atoms with Crippen molar-refractivity contribution in [3.63, 3.8) is 0 Å². The lowest BCUT2D eigenvalue weighted by Gasteiger charge is -2.26. The molecule has 394 valence electrons. The molecule has 2 fully saturated rings. The molecule has 76 heavy (non-hydrogen) atoms. The minimum atomic E-state index is -3.87. The van der Waals surface area contributed by atoms with E-state index in [1.807, 2.05) is 104 Å². The second-order valence-electron chi connectivity index (χ2n) is 18.2. The van der Waals surface area contributed by atoms with E-state index in [1.165, 1.54) is 43.1 Å². The van der Waals surface area contributed by atoms with Crippen LogP contribution < -0.4 is 25.0 Å². The molecule has 0 spiro atoms. The Kier molecular flexibility index (Phi) is 17.4. The number of nitrogens with one attached hydrogen (secondary N) is 1. The van der Waals surface area contributed by atoms with Crippen LogP contribution in [0.3, 0.4) is 0 Å². The molecule has 0 radical (unpaired) electrons. The molecule has 18 heteroatoms. The summed E-state index contributed by atoms with van der Waals surface area (Å²) in [7, 11) is -0.812. The predicted octanol–water partition coefficient (Wildman–Crippen LogP) is 10.6. The van der Waals surface area contributed by atoms with E-state index < -0.39 is 25.1 Å². The van der Waals surface area contributed by atoms with Gasteiger partial charge in [0.05, 0.1) is 53.9 Å². The summed E-state index contributed by atoms with van der Waals surface area (Å²) in [6, 6.07) is 47.5. The van der Waals surface area contributed by atoms with Gasteiger partial charge in [0, 0.05) is 57.2 Å². The van der Waals surface area contributed by atoms with Crippen LogP contribution in [-0.2, 0) is 38.1 Å². The normalized spacial score (nSPS) is 17.2. The maximum atomic E-state index is 13.1. The number of hydrogen-bond acceptors (Lipinski definition) is 14. The van der Waals surface area contributed by atoms with Gasteiger partial charge in [-0.1, -0.05) is 127 Å². The number of halogens is 1. The molecule has 2 aromatic heterocycles. The van der Waals surface area contributed by atoms with Crippen LogP contribution in [0, 0.1) is 6.92 Å². The van der Waals surface area contributed by atoms with Gasteiger partial charge in [-0.25, -0.2) is 36.4 Å². The fraction of sp³-hybridized carbons (Fsp3) is 0.241. The summed E-state index contributed by atoms with van der Waals surface area (Å²) in [6.07, 6.45) is 4.50. The molecule has 0 amide bonds. The standard InChI is InChI=1S/C29H29N3O5S.C22H23N3O2.C7H7ClO2S/c1-3-37-29(33)27-17-21(20-9-5-4-6-10-20)19-32(27)28-25-12-8-7-11-24(25)26(18-30-28)31-38(34,35)23-15-13-22(36-2)14-16-23;1-2-27-22(26)20-12-16(15-8-4-3-5-9-15)14-25(20)21-18-11-7-6-10-17(18)19(23)13-24-21;1-6-2-4-7(5-3-6)11(8,9)10/h4-16,18,21,27,31H,3,17,19H2,1-2H3;3-11,13,16,20H,2,12,14,23H2,1H3;2-5H,1H3/t21-,27+;16-,20+;/m11./s1. The third-order valence-electron chi connectivity index (χ3n) is 13.3. The molecule has 0 unspecified atom stereocenters. The van der Waals surface area contributed by atoms with Crippen LogP contribution in [-0.4, -0.2) is 84.2 Å². The van der Waals surface area contributed by atoms with Crippen molar-refractivity contribution in [2.45, 2.75) is 67.3 Å². The predicted molar refractivity (Wildman–Crippen MR) is 299 cm³/mol. The quantitative estimate of drug-likeness (QED) is 0.0816. The Hall–Kier alpha value is -7.73. The van der Waals surface area contributed by atoms with Gasteiger partial charge in [0.25, 0.3) is 19.1 Å². The number of esters is 2. The number of nitrogen functional groups attached to an aromatic ring is 1. The smallest absolute Gasteiger partial charge is 0.328 e. The van der Waals surface area contributed by atoms with Gasteiger partial charge in [-0.3, -0.25) is 4.72 Å². The molecule has 0 bridgehead atoms. The summed E-state index contributed by atoms with van der Waals surface area (Å²) in [5, 5.41) is 3.33. The number of benzene rings is 6. The van der Waals surface area contributed by atoms with Crippen LogP contribution in [0.25, 0.3) is 21.5 Å². The number of rotatable bonds is 13. The minimum Gasteiger partial charge on any atom is -0.497 e. The van der Waals surface area contributed by atoms with Crippen molar-refractivity contribution in [1.82, 2.24) is 9.97 Å². The molecule has 6 aromatic carbocycles. The number of aryl methyl sites for hydroxylation is 1. The zero-order valence-electron chi connectivity index (χ0n) is 42.5. The maximum Gasteiger partial charge on any atom is 0.328 e. The molecule has 4 heterocycles. The molecule has 2 aliphatic rings. The number of sulfonamides is 1. The summed E-state index contributed by atoms with van der Waals surface area (Å²) in [6.45, 7) is 7.47. The molecule has 2 saturated heterocycles. The molecule has 8 aromatic rings. The zero-order valence-corrected chi connectivity index (χ0v) is 44.8. The van der Waals surface area contributed by atoms with Crippen molar-refractivity contribution in [1.29, 1.82) is 0 Å². The number of aromatic nitrogens is 2. The lowest BCUT2D eigenvalue weighted by atomic mass is 9.96. The first-order valence-electron chi connectivity index (χ1n) is 24.8. The highest BCUT2D eigenvalue weighted by Crippen LogP contribution is 2.41. The molecular formula is C58H59ClN6O9S2. The summed E-state index contributed by atoms with van der Waals surface area (Å²) >= 11 is 0. The Morgan fingerprint density at radius 1 is 0.605 bits per heavy atom. The second-order valence-corrected chi connectivity index (χ2v) is 22.4. The largest absolute Gasteiger partial charge is 0.497 e. The summed E-state index contributed by atoms with van der Waals surface area (Å²) < 4.78 is 66.3. The highest BCUT2D eigenvalue weighted by atomic mass is 35.7. The van der Waals surface area contributed by atoms with Crippen molar-refractivity contribution in [2.75, 3.05) is 53.7 Å². The van der Waals surface area contributed by atoms with Crippen molar-refractivity contribution in [3.8, 4) is 5.75 Å². The number of anilines is 4. The fourth-order valence-electron chi connectivity index (χ4n) is 9.57. The van der Waals surface area contributed by atoms with Crippen LogP contribution in [0.15, 0.2) is 180 Å². The minimum absolute atomic E-state index is 0.110. The van der Waals surface area contributed by atoms with E-state index in [1.54, 1.807) is 37.4 Å². The van der Waals surface area contributed by atoms with E-state index in [0.717, 1.165) is 33.1 Å². The van der Waals surface area contributed by atoms with Crippen LogP contribution in [0.4, 0.5) is 23.0 Å². The van der Waals surface area contributed by atoms with Gasteiger partial charge >= 0.3 is 11.9 Å². The number of pyridine rings is 2. The highest BCUT2D eigenvalue weighted by molar-refractivity contribution is 8.13. The number of nitrogens with two attached hydrogens (primary N) is 1. The monoisotopic (exact) mass is 1080 g/mol. The maximum absolute atomic E-state index is 13.1. The van der Waals surface area contributed by atoms with E-state index in [0.29, 0.717) is 67.5 Å². The fourth-order valence-corrected chi connectivity index (χ4v) is 11.4. The van der Waals surface area contributed by atoms with Crippen molar-refractivity contribution < 1.29 is 40.6 Å². The topological polar surface area (TPSA) is 200 Å². The summed E-state index contributed by atoms with van der Waals surface area (Å²) in [5.41, 5.74) is 10.5. The van der Waals surface area contributed by atoms with Crippen LogP contribution in [0.1, 0.15) is 55.2 Å². The Morgan fingerprint density at radius 2 is 1.04 bits per heavy atom. The van der Waals surface area contributed by atoms with Crippen LogP contribution >= 0.6 is 10.7 Å². The van der Waals surface area contributed by atoms with E-state index in [2.05, 4.69) is 43.9 Å². The summed E-state index contributed by atoms with van der Waals surface area (Å²) in [4.78, 5) is 39.3. The lowest BCUT2D eigenvalue weighted by molar-refractivity contribution is -0.145. The van der Waals surface area contributed by atoms with Gasteiger partial charge in [0.15, 0.2) is 0 Å². The van der Waals surface area contributed by atoms with Gasteiger partial charge in [-0.2, -0.15) is 0 Å². The van der Waals surface area contributed by atoms with E-state index in [4.69, 9.17) is 30.6 Å². The Balaban J connectivity index is 0.000000174.